The van der Waals surface area contributed by atoms with Crippen LogP contribution in [0.15, 0.2) is 0 Å². The summed E-state index contributed by atoms with van der Waals surface area (Å²) in [5, 5.41) is 5.64. The first-order valence-electron chi connectivity index (χ1n) is 8.10. The lowest BCUT2D eigenvalue weighted by molar-refractivity contribution is -0.131. The van der Waals surface area contributed by atoms with Crippen LogP contribution in [0.2, 0.25) is 0 Å². The monoisotopic (exact) mass is 295 g/mol. The van der Waals surface area contributed by atoms with E-state index in [1.807, 2.05) is 20.8 Å². The molecular formula is C16H29N3O2. The van der Waals surface area contributed by atoms with Gasteiger partial charge in [-0.15, -0.1) is 0 Å². The van der Waals surface area contributed by atoms with Gasteiger partial charge in [-0.25, -0.2) is 0 Å². The van der Waals surface area contributed by atoms with Crippen LogP contribution >= 0.6 is 0 Å². The molecule has 0 radical (unpaired) electrons. The van der Waals surface area contributed by atoms with Gasteiger partial charge in [-0.2, -0.15) is 0 Å². The molecule has 2 atom stereocenters. The molecule has 0 aliphatic heterocycles. The molecule has 0 aromatic carbocycles. The van der Waals surface area contributed by atoms with Crippen LogP contribution in [0.5, 0.6) is 0 Å². The molecule has 0 saturated heterocycles. The van der Waals surface area contributed by atoms with E-state index in [9.17, 15) is 9.59 Å². The van der Waals surface area contributed by atoms with Crippen LogP contribution in [-0.2, 0) is 9.59 Å². The van der Waals surface area contributed by atoms with Crippen molar-refractivity contribution < 1.29 is 9.59 Å². The fourth-order valence-corrected chi connectivity index (χ4v) is 3.78. The molecule has 5 nitrogen and oxygen atoms in total. The minimum absolute atomic E-state index is 0.0165. The summed E-state index contributed by atoms with van der Waals surface area (Å²) in [7, 11) is 0. The van der Waals surface area contributed by atoms with Crippen LogP contribution in [0.4, 0.5) is 0 Å². The Bertz CT molecular complexity index is 389. The van der Waals surface area contributed by atoms with Crippen molar-refractivity contribution in [2.45, 2.75) is 64.5 Å². The maximum atomic E-state index is 12.3. The van der Waals surface area contributed by atoms with Crippen LogP contribution in [0.1, 0.15) is 52.9 Å². The van der Waals surface area contributed by atoms with E-state index in [4.69, 9.17) is 5.73 Å². The van der Waals surface area contributed by atoms with Crippen LogP contribution in [0.3, 0.4) is 0 Å². The van der Waals surface area contributed by atoms with Gasteiger partial charge in [-0.3, -0.25) is 9.59 Å². The number of rotatable bonds is 3. The van der Waals surface area contributed by atoms with Crippen molar-refractivity contribution in [3.63, 3.8) is 0 Å². The molecule has 21 heavy (non-hydrogen) atoms. The minimum Gasteiger partial charge on any atom is -0.350 e. The van der Waals surface area contributed by atoms with Gasteiger partial charge in [0.05, 0.1) is 6.54 Å². The second kappa shape index (κ2) is 6.34. The van der Waals surface area contributed by atoms with E-state index in [-0.39, 0.29) is 35.9 Å². The summed E-state index contributed by atoms with van der Waals surface area (Å²) in [5.74, 6) is 0.877. The second-order valence-corrected chi connectivity index (χ2v) is 7.71. The fourth-order valence-electron chi connectivity index (χ4n) is 3.78. The van der Waals surface area contributed by atoms with Crippen molar-refractivity contribution in [1.82, 2.24) is 10.6 Å². The van der Waals surface area contributed by atoms with Gasteiger partial charge in [0, 0.05) is 17.5 Å². The van der Waals surface area contributed by atoms with Crippen molar-refractivity contribution in [1.29, 1.82) is 0 Å². The zero-order chi connectivity index (χ0) is 15.6. The Kier molecular flexibility index (Phi) is 4.91. The largest absolute Gasteiger partial charge is 0.350 e. The number of carbonyl (C=O) groups is 2. The molecule has 2 rings (SSSR count). The number of fused-ring (bicyclic) bond motifs is 2. The molecule has 4 N–H and O–H groups in total. The lowest BCUT2D eigenvalue weighted by atomic mass is 9.65. The quantitative estimate of drug-likeness (QED) is 0.731. The number of hydrogen-bond acceptors (Lipinski definition) is 3. The number of carbonyl (C=O) groups excluding carboxylic acids is 2. The Balaban J connectivity index is 1.80. The van der Waals surface area contributed by atoms with Gasteiger partial charge in [-0.1, -0.05) is 6.42 Å². The minimum atomic E-state index is -0.267. The van der Waals surface area contributed by atoms with E-state index in [1.165, 1.54) is 6.42 Å². The van der Waals surface area contributed by atoms with Crippen LogP contribution in [0, 0.1) is 17.8 Å². The fraction of sp³-hybridized carbons (Fsp3) is 0.875. The van der Waals surface area contributed by atoms with Gasteiger partial charge in [-0.05, 0) is 58.3 Å². The summed E-state index contributed by atoms with van der Waals surface area (Å²) in [6, 6.07) is 0.270. The third-order valence-corrected chi connectivity index (χ3v) is 4.72. The van der Waals surface area contributed by atoms with Gasteiger partial charge >= 0.3 is 0 Å². The lowest BCUT2D eigenvalue weighted by Crippen LogP contribution is -2.50. The molecule has 0 spiro atoms. The normalized spacial score (nSPS) is 32.4. The topological polar surface area (TPSA) is 84.2 Å². The Morgan fingerprint density at radius 3 is 2.24 bits per heavy atom. The molecule has 2 fully saturated rings. The number of nitrogens with two attached hydrogens (primary N) is 1. The van der Waals surface area contributed by atoms with Gasteiger partial charge in [0.25, 0.3) is 0 Å². The predicted octanol–water partition coefficient (Wildman–Crippen LogP) is 1.17. The molecule has 0 aromatic rings. The Labute approximate surface area is 127 Å². The number of nitrogens with one attached hydrogen (secondary N) is 2. The first kappa shape index (κ1) is 16.3. The van der Waals surface area contributed by atoms with Gasteiger partial charge < -0.3 is 16.4 Å². The molecule has 2 unspecified atom stereocenters. The molecule has 2 aliphatic rings. The molecule has 2 amide bonds. The Morgan fingerprint density at radius 1 is 1.14 bits per heavy atom. The molecule has 2 aliphatic carbocycles. The molecule has 0 aromatic heterocycles. The van der Waals surface area contributed by atoms with Gasteiger partial charge in [0.2, 0.25) is 11.8 Å². The molecular weight excluding hydrogens is 266 g/mol. The maximum Gasteiger partial charge on any atom is 0.239 e. The van der Waals surface area contributed by atoms with Crippen LogP contribution in [0.25, 0.3) is 0 Å². The average Bonchev–Trinajstić information content (AvgIpc) is 2.33. The maximum absolute atomic E-state index is 12.3. The van der Waals surface area contributed by atoms with E-state index in [0.717, 1.165) is 25.7 Å². The lowest BCUT2D eigenvalue weighted by Gasteiger charge is -2.43. The zero-order valence-electron chi connectivity index (χ0n) is 13.4. The molecule has 5 heteroatoms. The number of hydrogen-bond donors (Lipinski definition) is 3. The average molecular weight is 295 g/mol. The SMILES string of the molecule is CC(C)(C)NC(=O)CNC(=O)C1CC2CCCC(C1)C2N. The third-order valence-electron chi connectivity index (χ3n) is 4.72. The van der Waals surface area contributed by atoms with E-state index in [1.54, 1.807) is 0 Å². The van der Waals surface area contributed by atoms with E-state index < -0.39 is 0 Å². The standard InChI is InChI=1S/C16H29N3O2/c1-16(2,3)19-13(20)9-18-15(21)12-7-10-5-4-6-11(8-12)14(10)17/h10-12,14H,4-9,17H2,1-3H3,(H,18,21)(H,19,20). The first-order valence-corrected chi connectivity index (χ1v) is 8.10. The Hall–Kier alpha value is -1.10. The van der Waals surface area contributed by atoms with Crippen molar-refractivity contribution in [3.05, 3.63) is 0 Å². The highest BCUT2D eigenvalue weighted by molar-refractivity contribution is 5.86. The summed E-state index contributed by atoms with van der Waals surface area (Å²) in [6.07, 6.45) is 5.29. The predicted molar refractivity (Wildman–Crippen MR) is 82.4 cm³/mol. The van der Waals surface area contributed by atoms with Gasteiger partial charge in [0.1, 0.15) is 0 Å². The smallest absolute Gasteiger partial charge is 0.239 e. The molecule has 2 bridgehead atoms. The molecule has 120 valence electrons. The van der Waals surface area contributed by atoms with Crippen molar-refractivity contribution in [3.8, 4) is 0 Å². The highest BCUT2D eigenvalue weighted by Gasteiger charge is 2.40. The van der Waals surface area contributed by atoms with Crippen molar-refractivity contribution in [2.75, 3.05) is 6.54 Å². The molecule has 0 heterocycles. The van der Waals surface area contributed by atoms with Crippen molar-refractivity contribution in [2.24, 2.45) is 23.5 Å². The van der Waals surface area contributed by atoms with Crippen LogP contribution < -0.4 is 16.4 Å². The summed E-state index contributed by atoms with van der Waals surface area (Å²) >= 11 is 0. The summed E-state index contributed by atoms with van der Waals surface area (Å²) in [4.78, 5) is 24.0. The molecule has 2 saturated carbocycles. The summed E-state index contributed by atoms with van der Waals surface area (Å²) in [5.41, 5.74) is 5.97. The second-order valence-electron chi connectivity index (χ2n) is 7.71. The van der Waals surface area contributed by atoms with Crippen molar-refractivity contribution >= 4 is 11.8 Å². The van der Waals surface area contributed by atoms with E-state index in [0.29, 0.717) is 11.8 Å². The Morgan fingerprint density at radius 2 is 1.71 bits per heavy atom. The number of amides is 2. The van der Waals surface area contributed by atoms with E-state index in [2.05, 4.69) is 10.6 Å². The first-order chi connectivity index (χ1) is 9.76. The zero-order valence-corrected chi connectivity index (χ0v) is 13.4. The highest BCUT2D eigenvalue weighted by atomic mass is 16.2. The highest BCUT2D eigenvalue weighted by Crippen LogP contribution is 2.41. The van der Waals surface area contributed by atoms with E-state index >= 15 is 0 Å². The third kappa shape index (κ3) is 4.43. The van der Waals surface area contributed by atoms with Crippen LogP contribution in [-0.4, -0.2) is 29.9 Å². The summed E-state index contributed by atoms with van der Waals surface area (Å²) in [6.45, 7) is 5.84. The summed E-state index contributed by atoms with van der Waals surface area (Å²) < 4.78 is 0. The van der Waals surface area contributed by atoms with Gasteiger partial charge in [0.15, 0.2) is 0 Å².